The topological polar surface area (TPSA) is 0 Å². The Morgan fingerprint density at radius 3 is 2.25 bits per heavy atom. The molecule has 0 bridgehead atoms. The second-order valence-electron chi connectivity index (χ2n) is 2.08. The summed E-state index contributed by atoms with van der Waals surface area (Å²) in [5, 5.41) is 0. The Morgan fingerprint density at radius 1 is 1.08 bits per heavy atom. The third-order valence-corrected chi connectivity index (χ3v) is 3.65. The van der Waals surface area contributed by atoms with Gasteiger partial charge in [-0.2, -0.15) is 0 Å². The summed E-state index contributed by atoms with van der Waals surface area (Å²) in [6.45, 7) is 1.90. The summed E-state index contributed by atoms with van der Waals surface area (Å²) in [6, 6.07) is 1.57. The molecule has 1 aromatic rings. The Labute approximate surface area is 79.0 Å². The molecular formula is C8H7F3I-. The van der Waals surface area contributed by atoms with E-state index in [0.29, 0.717) is 9.64 Å². The van der Waals surface area contributed by atoms with Crippen LogP contribution >= 0.6 is 0 Å². The third kappa shape index (κ3) is 2.12. The molecule has 0 unspecified atom stereocenters. The fourth-order valence-electron chi connectivity index (χ4n) is 0.745. The minimum absolute atomic E-state index is 0.343. The summed E-state index contributed by atoms with van der Waals surface area (Å²) in [7, 11) is 0. The summed E-state index contributed by atoms with van der Waals surface area (Å²) in [6.07, 6.45) is 0. The molecular weight excluding hydrogens is 280 g/mol. The zero-order valence-corrected chi connectivity index (χ0v) is 8.53. The Hall–Kier alpha value is -0.260. The van der Waals surface area contributed by atoms with E-state index in [1.807, 2.05) is 6.92 Å². The van der Waals surface area contributed by atoms with Gasteiger partial charge in [0.25, 0.3) is 0 Å². The second kappa shape index (κ2) is 4.11. The maximum atomic E-state index is 12.8. The van der Waals surface area contributed by atoms with E-state index in [0.717, 1.165) is 10.5 Å². The molecule has 68 valence electrons. The van der Waals surface area contributed by atoms with E-state index in [2.05, 4.69) is 0 Å². The number of rotatable bonds is 2. The molecule has 0 amide bonds. The zero-order chi connectivity index (χ0) is 9.14. The fourth-order valence-corrected chi connectivity index (χ4v) is 2.58. The molecule has 0 aromatic heterocycles. The van der Waals surface area contributed by atoms with Crippen molar-refractivity contribution < 1.29 is 34.4 Å². The Kier molecular flexibility index (Phi) is 3.37. The number of halogens is 4. The summed E-state index contributed by atoms with van der Waals surface area (Å²) in [5.41, 5.74) is 0. The SMILES string of the molecule is CC[I-]c1cc(F)c(F)cc1F. The standard InChI is InChI=1S/C8H7F3I/c1-2-12-8-4-6(10)5(9)3-7(8)11/h3-4H,2H2,1H3/q-1. The van der Waals surface area contributed by atoms with Crippen molar-refractivity contribution in [2.45, 2.75) is 6.92 Å². The molecule has 4 heteroatoms. The van der Waals surface area contributed by atoms with Crippen LogP contribution in [-0.2, 0) is 0 Å². The van der Waals surface area contributed by atoms with Gasteiger partial charge >= 0.3 is 78.9 Å². The van der Waals surface area contributed by atoms with Crippen LogP contribution in [0.2, 0.25) is 0 Å². The molecule has 0 N–H and O–H groups in total. The molecule has 0 saturated heterocycles. The first-order chi connectivity index (χ1) is 5.65. The molecule has 0 aliphatic rings. The van der Waals surface area contributed by atoms with E-state index in [1.165, 1.54) is 0 Å². The molecule has 0 spiro atoms. The fraction of sp³-hybridized carbons (Fsp3) is 0.250. The summed E-state index contributed by atoms with van der Waals surface area (Å²) in [5.74, 6) is -2.69. The van der Waals surface area contributed by atoms with Gasteiger partial charge in [-0.05, 0) is 0 Å². The van der Waals surface area contributed by atoms with Crippen LogP contribution in [0.25, 0.3) is 0 Å². The van der Waals surface area contributed by atoms with E-state index in [1.54, 1.807) is 0 Å². The first-order valence-electron chi connectivity index (χ1n) is 3.38. The minimum atomic E-state index is -1.11. The molecule has 0 saturated carbocycles. The van der Waals surface area contributed by atoms with Gasteiger partial charge in [0, 0.05) is 0 Å². The van der Waals surface area contributed by atoms with Gasteiger partial charge in [0.2, 0.25) is 0 Å². The van der Waals surface area contributed by atoms with Crippen LogP contribution < -0.4 is 21.2 Å². The van der Waals surface area contributed by atoms with Crippen LogP contribution in [0.3, 0.4) is 0 Å². The molecule has 0 atom stereocenters. The molecule has 1 aromatic carbocycles. The van der Waals surface area contributed by atoms with Crippen molar-refractivity contribution in [1.29, 1.82) is 0 Å². The predicted octanol–water partition coefficient (Wildman–Crippen LogP) is -0.618. The molecule has 1 rings (SSSR count). The van der Waals surface area contributed by atoms with Crippen molar-refractivity contribution in [3.63, 3.8) is 0 Å². The van der Waals surface area contributed by atoms with E-state index in [-0.39, 0.29) is 0 Å². The van der Waals surface area contributed by atoms with Gasteiger partial charge in [0.1, 0.15) is 0 Å². The van der Waals surface area contributed by atoms with Gasteiger partial charge in [0.05, 0.1) is 0 Å². The average Bonchev–Trinajstić information content (AvgIpc) is 2.01. The van der Waals surface area contributed by atoms with Crippen molar-refractivity contribution in [3.05, 3.63) is 33.2 Å². The summed E-state index contributed by atoms with van der Waals surface area (Å²) < 4.78 is 39.0. The Morgan fingerprint density at radius 2 is 1.67 bits per heavy atom. The zero-order valence-electron chi connectivity index (χ0n) is 6.37. The molecule has 0 fully saturated rings. The number of alkyl halides is 1. The summed E-state index contributed by atoms with van der Waals surface area (Å²) >= 11 is -0.503. The van der Waals surface area contributed by atoms with Crippen molar-refractivity contribution in [1.82, 2.24) is 0 Å². The Bertz CT molecular complexity index is 286. The molecule has 0 aliphatic heterocycles. The van der Waals surface area contributed by atoms with Crippen molar-refractivity contribution in [2.24, 2.45) is 0 Å². The van der Waals surface area contributed by atoms with Crippen LogP contribution in [0.5, 0.6) is 0 Å². The number of hydrogen-bond donors (Lipinski definition) is 0. The first kappa shape index (κ1) is 9.83. The average molecular weight is 287 g/mol. The number of hydrogen-bond acceptors (Lipinski definition) is 0. The van der Waals surface area contributed by atoms with Crippen LogP contribution in [0.4, 0.5) is 13.2 Å². The van der Waals surface area contributed by atoms with Gasteiger partial charge in [-0.1, -0.05) is 0 Å². The van der Waals surface area contributed by atoms with E-state index in [4.69, 9.17) is 0 Å². The van der Waals surface area contributed by atoms with Gasteiger partial charge in [-0.25, -0.2) is 0 Å². The van der Waals surface area contributed by atoms with Gasteiger partial charge < -0.3 is 0 Å². The van der Waals surface area contributed by atoms with Gasteiger partial charge in [-0.15, -0.1) is 0 Å². The van der Waals surface area contributed by atoms with Crippen LogP contribution in [-0.4, -0.2) is 4.43 Å². The van der Waals surface area contributed by atoms with Gasteiger partial charge in [0.15, 0.2) is 0 Å². The molecule has 12 heavy (non-hydrogen) atoms. The van der Waals surface area contributed by atoms with Crippen molar-refractivity contribution in [2.75, 3.05) is 4.43 Å². The maximum absolute atomic E-state index is 12.8. The number of benzene rings is 1. The molecule has 0 heterocycles. The van der Waals surface area contributed by atoms with Crippen LogP contribution in [0.15, 0.2) is 12.1 Å². The van der Waals surface area contributed by atoms with E-state index in [9.17, 15) is 13.2 Å². The van der Waals surface area contributed by atoms with Crippen LogP contribution in [0, 0.1) is 21.0 Å². The van der Waals surface area contributed by atoms with Crippen molar-refractivity contribution in [3.8, 4) is 0 Å². The van der Waals surface area contributed by atoms with E-state index < -0.39 is 38.7 Å². The van der Waals surface area contributed by atoms with Crippen LogP contribution in [0.1, 0.15) is 6.92 Å². The van der Waals surface area contributed by atoms with Crippen molar-refractivity contribution >= 4 is 0 Å². The predicted molar refractivity (Wildman–Crippen MR) is 35.6 cm³/mol. The molecule has 0 aliphatic carbocycles. The Balaban J connectivity index is 3.05. The van der Waals surface area contributed by atoms with E-state index >= 15 is 0 Å². The second-order valence-corrected chi connectivity index (χ2v) is 5.53. The quantitative estimate of drug-likeness (QED) is 0.386. The normalized spacial score (nSPS) is 10.7. The molecule has 0 nitrogen and oxygen atoms in total. The summed E-state index contributed by atoms with van der Waals surface area (Å²) in [4.78, 5) is 0. The first-order valence-corrected chi connectivity index (χ1v) is 5.99. The van der Waals surface area contributed by atoms with Gasteiger partial charge in [-0.3, -0.25) is 0 Å². The molecule has 0 radical (unpaired) electrons. The monoisotopic (exact) mass is 287 g/mol. The third-order valence-electron chi connectivity index (χ3n) is 1.24.